The number of halogens is 1. The molecule has 2 aliphatic rings. The molecule has 6 nitrogen and oxygen atoms in total. The van der Waals surface area contributed by atoms with Crippen molar-refractivity contribution in [1.82, 2.24) is 19.6 Å². The van der Waals surface area contributed by atoms with Crippen LogP contribution in [0.2, 0.25) is 0 Å². The Hall–Kier alpha value is -2.54. The van der Waals surface area contributed by atoms with Gasteiger partial charge in [0, 0.05) is 67.2 Å². The largest absolute Gasteiger partial charge is 0.356 e. The van der Waals surface area contributed by atoms with Crippen LogP contribution in [0.1, 0.15) is 77.6 Å². The SMILES string of the molecule is [2H]c1c(F)c([2H])c2onc(C3([2H])C([2H])([2H])C([2H])([2H])N(CCc4c(C([2H])([2H])[2H])nc5n(c4=O)CCCC5([2H])[2H])C([2H])([2H])C3([2H])[2H])c2c1[2H]. The van der Waals surface area contributed by atoms with Gasteiger partial charge in [0.05, 0.1) is 9.81 Å². The van der Waals surface area contributed by atoms with Gasteiger partial charge in [0.1, 0.15) is 11.6 Å². The number of piperidine rings is 1. The molecule has 30 heavy (non-hydrogen) atoms. The van der Waals surface area contributed by atoms with E-state index in [4.69, 9.17) is 27.8 Å². The Morgan fingerprint density at radius 3 is 3.10 bits per heavy atom. The second kappa shape index (κ2) is 7.95. The smallest absolute Gasteiger partial charge is 0.256 e. The summed E-state index contributed by atoms with van der Waals surface area (Å²) >= 11 is 0. The third-order valence-corrected chi connectivity index (χ3v) is 4.77. The van der Waals surface area contributed by atoms with Gasteiger partial charge in [-0.05, 0) is 63.9 Å². The Bertz CT molecular complexity index is 1820. The van der Waals surface area contributed by atoms with Gasteiger partial charge in [-0.15, -0.1) is 0 Å². The van der Waals surface area contributed by atoms with Crippen LogP contribution in [0.25, 0.3) is 11.0 Å². The van der Waals surface area contributed by atoms with Crippen molar-refractivity contribution >= 4 is 11.0 Å². The lowest BCUT2D eigenvalue weighted by Crippen LogP contribution is -2.37. The van der Waals surface area contributed by atoms with E-state index in [1.807, 2.05) is 0 Å². The van der Waals surface area contributed by atoms with Crippen molar-refractivity contribution in [3.8, 4) is 0 Å². The molecule has 2 aromatic heterocycles. The first-order chi connectivity index (χ1) is 21.2. The molecule has 0 N–H and O–H groups in total. The van der Waals surface area contributed by atoms with E-state index >= 15 is 0 Å². The van der Waals surface area contributed by atoms with Gasteiger partial charge in [0.25, 0.3) is 5.56 Å². The molecule has 3 aromatic rings. The van der Waals surface area contributed by atoms with Crippen molar-refractivity contribution in [2.45, 2.75) is 57.7 Å². The molecule has 0 radical (unpaired) electrons. The maximum Gasteiger partial charge on any atom is 0.256 e. The van der Waals surface area contributed by atoms with Crippen LogP contribution >= 0.6 is 0 Å². The van der Waals surface area contributed by atoms with Crippen LogP contribution in [0, 0.1) is 12.7 Å². The van der Waals surface area contributed by atoms with Gasteiger partial charge in [0.2, 0.25) is 0 Å². The fourth-order valence-corrected chi connectivity index (χ4v) is 3.27. The molecule has 4 heterocycles. The normalized spacial score (nSPS) is 36.2. The second-order valence-electron chi connectivity index (χ2n) is 6.67. The Balaban J connectivity index is 1.67. The predicted octanol–water partition coefficient (Wildman–Crippen LogP) is 3.59. The second-order valence-corrected chi connectivity index (χ2v) is 6.67. The standard InChI is InChI=1S/C23H27FN4O2/c1-15-18(23(29)28-10-3-2-4-21(28)25-15)9-13-27-11-7-16(8-12-27)22-19-6-5-17(24)14-20(19)30-26-22/h5-6,14,16H,2-4,7-13H2,1H3/i1D3,4D2,5D,6D,7D2,8D2,11D2,12D2,14D,16D. The number of aromatic nitrogens is 3. The molecule has 0 aliphatic carbocycles. The van der Waals surface area contributed by atoms with Crippen LogP contribution in [0.5, 0.6) is 0 Å². The predicted molar refractivity (Wildman–Crippen MR) is 112 cm³/mol. The number of hydrogen-bond donors (Lipinski definition) is 0. The molecule has 0 unspecified atom stereocenters. The summed E-state index contributed by atoms with van der Waals surface area (Å²) < 4.78 is 164. The van der Waals surface area contributed by atoms with E-state index < -0.39 is 121 Å². The lowest BCUT2D eigenvalue weighted by molar-refractivity contribution is 0.211. The quantitative estimate of drug-likeness (QED) is 0.637. The molecule has 5 rings (SSSR count). The van der Waals surface area contributed by atoms with E-state index in [1.165, 1.54) is 0 Å². The first-order valence-corrected chi connectivity index (χ1v) is 9.18. The number of aryl methyl sites for hydroxylation is 2. The first kappa shape index (κ1) is 8.19. The molecular formula is C23H27FN4O2. The highest BCUT2D eigenvalue weighted by Gasteiger charge is 2.25. The summed E-state index contributed by atoms with van der Waals surface area (Å²) in [6.07, 6.45) is -10.5. The van der Waals surface area contributed by atoms with E-state index in [-0.39, 0.29) is 24.3 Å². The molecule has 0 bridgehead atoms. The van der Waals surface area contributed by atoms with E-state index in [1.54, 1.807) is 0 Å². The van der Waals surface area contributed by atoms with Crippen molar-refractivity contribution in [3.05, 3.63) is 57.1 Å². The average Bonchev–Trinajstić information content (AvgIpc) is 3.39. The number of hydrogen-bond acceptors (Lipinski definition) is 5. The van der Waals surface area contributed by atoms with Crippen LogP contribution in [-0.2, 0) is 19.3 Å². The third kappa shape index (κ3) is 3.55. The zero-order chi connectivity index (χ0) is 35.7. The van der Waals surface area contributed by atoms with Crippen molar-refractivity contribution in [2.24, 2.45) is 0 Å². The molecule has 158 valence electrons. The van der Waals surface area contributed by atoms with Crippen LogP contribution in [0.4, 0.5) is 4.39 Å². The minimum atomic E-state index is -3.82. The fourth-order valence-electron chi connectivity index (χ4n) is 3.27. The molecule has 0 amide bonds. The minimum absolute atomic E-state index is 0.0274. The average molecular weight is 428 g/mol. The number of fused-ring (bicyclic) bond motifs is 2. The maximum atomic E-state index is 14.4. The van der Waals surface area contributed by atoms with Crippen LogP contribution < -0.4 is 5.56 Å². The summed E-state index contributed by atoms with van der Waals surface area (Å²) in [6, 6.07) is -3.42. The maximum absolute atomic E-state index is 14.4. The van der Waals surface area contributed by atoms with Gasteiger partial charge in [-0.2, -0.15) is 0 Å². The highest BCUT2D eigenvalue weighted by atomic mass is 19.1. The zero-order valence-corrected chi connectivity index (χ0v) is 15.5. The molecule has 0 spiro atoms. The van der Waals surface area contributed by atoms with E-state index in [0.29, 0.717) is 0 Å². The van der Waals surface area contributed by atoms with Gasteiger partial charge < -0.3 is 9.42 Å². The Morgan fingerprint density at radius 1 is 1.40 bits per heavy atom. The highest BCUT2D eigenvalue weighted by Crippen LogP contribution is 2.32. The van der Waals surface area contributed by atoms with Crippen molar-refractivity contribution < 1.29 is 32.2 Å². The molecule has 0 atom stereocenters. The summed E-state index contributed by atoms with van der Waals surface area (Å²) in [7, 11) is 0. The van der Waals surface area contributed by atoms with Crippen LogP contribution in [-0.4, -0.2) is 39.1 Å². The molecule has 1 saturated heterocycles. The Morgan fingerprint density at radius 2 is 2.27 bits per heavy atom. The lowest BCUT2D eigenvalue weighted by Gasteiger charge is -2.31. The number of benzene rings is 1. The number of rotatable bonds is 4. The number of nitrogens with zero attached hydrogens (tertiary/aromatic N) is 4. The molecule has 2 aliphatic heterocycles. The molecule has 1 aromatic carbocycles. The topological polar surface area (TPSA) is 64.2 Å². The summed E-state index contributed by atoms with van der Waals surface area (Å²) in [5.41, 5.74) is -4.47. The van der Waals surface area contributed by atoms with Gasteiger partial charge in [-0.3, -0.25) is 9.36 Å². The van der Waals surface area contributed by atoms with Crippen molar-refractivity contribution in [3.63, 3.8) is 0 Å². The minimum Gasteiger partial charge on any atom is -0.356 e. The van der Waals surface area contributed by atoms with Gasteiger partial charge in [0.15, 0.2) is 5.58 Å². The number of likely N-dealkylation sites (tertiary alicyclic amines) is 1. The Kier molecular flexibility index (Phi) is 2.17. The first-order valence-electron chi connectivity index (χ1n) is 17.7. The lowest BCUT2D eigenvalue weighted by atomic mass is 9.91. The zero-order valence-electron chi connectivity index (χ0n) is 32.5. The van der Waals surface area contributed by atoms with Gasteiger partial charge in [-0.25, -0.2) is 9.37 Å². The molecular weight excluding hydrogens is 383 g/mol. The third-order valence-electron chi connectivity index (χ3n) is 4.77. The fraction of sp³-hybridized carbons (Fsp3) is 0.522. The molecule has 0 saturated carbocycles. The highest BCUT2D eigenvalue weighted by molar-refractivity contribution is 5.79. The summed E-state index contributed by atoms with van der Waals surface area (Å²) in [5, 5.41) is 2.55. The van der Waals surface area contributed by atoms with Crippen LogP contribution in [0.3, 0.4) is 0 Å². The Labute approximate surface area is 198 Å². The van der Waals surface area contributed by atoms with E-state index in [0.717, 1.165) is 4.57 Å². The van der Waals surface area contributed by atoms with Gasteiger partial charge >= 0.3 is 0 Å². The summed E-state index contributed by atoms with van der Waals surface area (Å²) in [6.45, 7) is -11.5. The molecule has 7 heteroatoms. The summed E-state index contributed by atoms with van der Waals surface area (Å²) in [4.78, 5) is 17.6. The van der Waals surface area contributed by atoms with Gasteiger partial charge in [-0.1, -0.05) is 5.16 Å². The van der Waals surface area contributed by atoms with E-state index in [2.05, 4.69) is 10.1 Å². The van der Waals surface area contributed by atoms with Crippen molar-refractivity contribution in [2.75, 3.05) is 19.5 Å². The summed E-state index contributed by atoms with van der Waals surface area (Å²) in [5.74, 6) is -5.70. The molecule has 1 fully saturated rings. The van der Waals surface area contributed by atoms with Crippen molar-refractivity contribution in [1.29, 1.82) is 0 Å². The van der Waals surface area contributed by atoms with Crippen LogP contribution in [0.15, 0.2) is 27.4 Å². The van der Waals surface area contributed by atoms with E-state index in [9.17, 15) is 9.18 Å². The monoisotopic (exact) mass is 427 g/mol.